The minimum Gasteiger partial charge on any atom is -0.494 e. The lowest BCUT2D eigenvalue weighted by Gasteiger charge is -2.33. The Labute approximate surface area is 251 Å². The molecule has 2 aromatic carbocycles. The average molecular weight is 585 g/mol. The molecular formula is C32H40N8O3. The molecule has 1 fully saturated rings. The van der Waals surface area contributed by atoms with Crippen molar-refractivity contribution < 1.29 is 14.6 Å². The van der Waals surface area contributed by atoms with E-state index in [4.69, 9.17) is 10.5 Å². The molecule has 2 unspecified atom stereocenters. The lowest BCUT2D eigenvalue weighted by molar-refractivity contribution is 0.0708. The Bertz CT molecular complexity index is 1660. The Morgan fingerprint density at radius 3 is 2.86 bits per heavy atom. The second-order valence-electron chi connectivity index (χ2n) is 11.9. The summed E-state index contributed by atoms with van der Waals surface area (Å²) in [5.74, 6) is 0.642. The van der Waals surface area contributed by atoms with Gasteiger partial charge in [0.15, 0.2) is 0 Å². The number of hydrogen-bond donors (Lipinski definition) is 3. The maximum atomic E-state index is 13.6. The van der Waals surface area contributed by atoms with Gasteiger partial charge in [0.2, 0.25) is 0 Å². The molecule has 43 heavy (non-hydrogen) atoms. The van der Waals surface area contributed by atoms with Crippen molar-refractivity contribution >= 4 is 33.9 Å². The number of aryl methyl sites for hydroxylation is 1. The number of hydrogen-bond acceptors (Lipinski definition) is 8. The number of methoxy groups -OCH3 is 1. The summed E-state index contributed by atoms with van der Waals surface area (Å²) in [6.07, 6.45) is 6.34. The monoisotopic (exact) mass is 584 g/mol. The highest BCUT2D eigenvalue weighted by Gasteiger charge is 2.37. The lowest BCUT2D eigenvalue weighted by Crippen LogP contribution is -2.45. The summed E-state index contributed by atoms with van der Waals surface area (Å²) in [4.78, 5) is 20.2. The molecule has 0 spiro atoms. The number of nitrogens with zero attached hydrogens (tertiary/aromatic N) is 6. The van der Waals surface area contributed by atoms with Gasteiger partial charge in [0.1, 0.15) is 17.6 Å². The van der Waals surface area contributed by atoms with Gasteiger partial charge in [-0.1, -0.05) is 12.1 Å². The van der Waals surface area contributed by atoms with Gasteiger partial charge in [-0.2, -0.15) is 5.10 Å². The van der Waals surface area contributed by atoms with Crippen LogP contribution in [0.3, 0.4) is 0 Å². The third kappa shape index (κ3) is 4.86. The van der Waals surface area contributed by atoms with Gasteiger partial charge in [-0.25, -0.2) is 0 Å². The minimum atomic E-state index is -0.192. The number of rotatable bonds is 8. The highest BCUT2D eigenvalue weighted by atomic mass is 16.5. The van der Waals surface area contributed by atoms with E-state index in [0.717, 1.165) is 61.5 Å². The summed E-state index contributed by atoms with van der Waals surface area (Å²) < 4.78 is 10.2. The molecule has 4 aromatic rings. The number of ether oxygens (including phenoxy) is 1. The van der Waals surface area contributed by atoms with Gasteiger partial charge in [0, 0.05) is 81.7 Å². The van der Waals surface area contributed by atoms with Crippen LogP contribution in [0.4, 0.5) is 17.1 Å². The maximum Gasteiger partial charge on any atom is 0.254 e. The first-order valence-corrected chi connectivity index (χ1v) is 15.2. The van der Waals surface area contributed by atoms with Crippen molar-refractivity contribution in [3.63, 3.8) is 0 Å². The fourth-order valence-corrected chi connectivity index (χ4v) is 7.06. The second-order valence-corrected chi connectivity index (χ2v) is 11.9. The topological polar surface area (TPSA) is 117 Å². The van der Waals surface area contributed by atoms with Crippen LogP contribution in [-0.4, -0.2) is 76.2 Å². The average Bonchev–Trinajstić information content (AvgIpc) is 3.71. The van der Waals surface area contributed by atoms with Crippen molar-refractivity contribution in [2.24, 2.45) is 12.8 Å². The predicted octanol–water partition coefficient (Wildman–Crippen LogP) is 3.28. The van der Waals surface area contributed by atoms with E-state index in [1.54, 1.807) is 7.11 Å². The highest BCUT2D eigenvalue weighted by molar-refractivity contribution is 5.99. The summed E-state index contributed by atoms with van der Waals surface area (Å²) >= 11 is 0. The van der Waals surface area contributed by atoms with Crippen LogP contribution >= 0.6 is 0 Å². The number of carbonyl (C=O) groups excluding carboxylic acids is 1. The van der Waals surface area contributed by atoms with E-state index < -0.39 is 0 Å². The summed E-state index contributed by atoms with van der Waals surface area (Å²) in [6, 6.07) is 12.6. The van der Waals surface area contributed by atoms with Gasteiger partial charge in [-0.15, -0.1) is 0 Å². The van der Waals surface area contributed by atoms with E-state index in [9.17, 15) is 9.90 Å². The van der Waals surface area contributed by atoms with Gasteiger partial charge in [0.05, 0.1) is 35.9 Å². The molecule has 2 aromatic heterocycles. The Morgan fingerprint density at radius 2 is 2.09 bits per heavy atom. The number of para-hydroxylation sites is 1. The van der Waals surface area contributed by atoms with Gasteiger partial charge >= 0.3 is 0 Å². The van der Waals surface area contributed by atoms with Crippen LogP contribution in [0.15, 0.2) is 48.8 Å². The Balaban J connectivity index is 1.31. The molecule has 0 radical (unpaired) electrons. The number of anilines is 3. The Kier molecular flexibility index (Phi) is 7.14. The molecule has 226 valence electrons. The molecule has 4 N–H and O–H groups in total. The van der Waals surface area contributed by atoms with Crippen LogP contribution in [0.5, 0.6) is 5.75 Å². The number of carbonyl (C=O) groups is 1. The van der Waals surface area contributed by atoms with Gasteiger partial charge < -0.3 is 40.2 Å². The van der Waals surface area contributed by atoms with Crippen LogP contribution in [0, 0.1) is 0 Å². The molecule has 11 nitrogen and oxygen atoms in total. The largest absolute Gasteiger partial charge is 0.494 e. The van der Waals surface area contributed by atoms with Gasteiger partial charge in [-0.3, -0.25) is 9.48 Å². The number of nitrogens with one attached hydrogen (secondary N) is 1. The molecule has 3 aliphatic rings. The van der Waals surface area contributed by atoms with Crippen LogP contribution in [0.1, 0.15) is 47.0 Å². The minimum absolute atomic E-state index is 0.0106. The van der Waals surface area contributed by atoms with Crippen molar-refractivity contribution in [1.82, 2.24) is 19.2 Å². The summed E-state index contributed by atoms with van der Waals surface area (Å²) in [5, 5.41) is 18.9. The highest BCUT2D eigenvalue weighted by Crippen LogP contribution is 2.50. The zero-order valence-electron chi connectivity index (χ0n) is 24.9. The third-order valence-corrected chi connectivity index (χ3v) is 9.02. The van der Waals surface area contributed by atoms with E-state index in [0.29, 0.717) is 30.9 Å². The predicted molar refractivity (Wildman–Crippen MR) is 168 cm³/mol. The second kappa shape index (κ2) is 11.1. The Hall–Kier alpha value is -4.22. The van der Waals surface area contributed by atoms with Crippen LogP contribution in [0.25, 0.3) is 10.9 Å². The molecule has 1 saturated heterocycles. The SMILES string of the molecule is COc1cc(C(=O)N2CCCC(N)C2)cc2c1N(Cc1cnn(C)c1)C(c1cc3cccc4c3n1CCN4CCCO)N2. The molecule has 0 saturated carbocycles. The lowest BCUT2D eigenvalue weighted by atomic mass is 10.0. The van der Waals surface area contributed by atoms with Crippen molar-refractivity contribution in [3.05, 3.63) is 65.6 Å². The first kappa shape index (κ1) is 27.6. The van der Waals surface area contributed by atoms with E-state index in [2.05, 4.69) is 49.0 Å². The summed E-state index contributed by atoms with van der Waals surface area (Å²) in [5.41, 5.74) is 13.3. The van der Waals surface area contributed by atoms with E-state index in [1.165, 1.54) is 16.6 Å². The van der Waals surface area contributed by atoms with Crippen LogP contribution in [0.2, 0.25) is 0 Å². The number of benzene rings is 2. The molecule has 2 atom stereocenters. The summed E-state index contributed by atoms with van der Waals surface area (Å²) in [6.45, 7) is 4.62. The van der Waals surface area contributed by atoms with Crippen LogP contribution in [-0.2, 0) is 20.1 Å². The number of aliphatic hydroxyl groups is 1. The van der Waals surface area contributed by atoms with E-state index >= 15 is 0 Å². The first-order chi connectivity index (χ1) is 20.9. The third-order valence-electron chi connectivity index (χ3n) is 9.02. The fourth-order valence-electron chi connectivity index (χ4n) is 7.06. The molecule has 3 aliphatic heterocycles. The van der Waals surface area contributed by atoms with Crippen LogP contribution < -0.4 is 25.6 Å². The number of piperidine rings is 1. The zero-order valence-corrected chi connectivity index (χ0v) is 24.9. The smallest absolute Gasteiger partial charge is 0.254 e. The molecule has 0 aliphatic carbocycles. The molecule has 11 heteroatoms. The van der Waals surface area contributed by atoms with E-state index in [-0.39, 0.29) is 24.7 Å². The molecule has 5 heterocycles. The van der Waals surface area contributed by atoms with Crippen molar-refractivity contribution in [2.45, 2.75) is 44.6 Å². The zero-order chi connectivity index (χ0) is 29.7. The normalized spacial score (nSPS) is 19.6. The quantitative estimate of drug-likeness (QED) is 0.289. The maximum absolute atomic E-state index is 13.6. The Morgan fingerprint density at radius 1 is 1.21 bits per heavy atom. The number of likely N-dealkylation sites (tertiary alicyclic amines) is 1. The molecule has 0 bridgehead atoms. The number of fused-ring (bicyclic) bond motifs is 1. The fraction of sp³-hybridized carbons (Fsp3) is 0.438. The molecular weight excluding hydrogens is 544 g/mol. The van der Waals surface area contributed by atoms with Gasteiger partial charge in [0.25, 0.3) is 5.91 Å². The first-order valence-electron chi connectivity index (χ1n) is 15.2. The van der Waals surface area contributed by atoms with Crippen molar-refractivity contribution in [2.75, 3.05) is 55.0 Å². The number of nitrogens with two attached hydrogens (primary N) is 1. The number of amides is 1. The van der Waals surface area contributed by atoms with Crippen molar-refractivity contribution in [1.29, 1.82) is 0 Å². The van der Waals surface area contributed by atoms with Gasteiger partial charge in [-0.05, 0) is 43.5 Å². The van der Waals surface area contributed by atoms with Crippen molar-refractivity contribution in [3.8, 4) is 5.75 Å². The van der Waals surface area contributed by atoms with E-state index in [1.807, 2.05) is 41.2 Å². The number of aliphatic hydroxyl groups excluding tert-OH is 1. The molecule has 7 rings (SSSR count). The summed E-state index contributed by atoms with van der Waals surface area (Å²) in [7, 11) is 3.59. The number of aromatic nitrogens is 3. The molecule has 1 amide bonds. The standard InChI is InChI=1S/C32H40N8O3/c1-36-18-21(17-34-36)19-40-30-25(14-23(16-28(30)43-2)32(42)38-9-4-7-24(33)20-38)35-31(40)27-15-22-6-3-8-26-29(22)39(27)12-11-37(26)10-5-13-41/h3,6,8,14-18,24,31,35,41H,4-5,7,9-13,19-20,33H2,1-2H3.